The topological polar surface area (TPSA) is 74.9 Å². The van der Waals surface area contributed by atoms with Crippen molar-refractivity contribution in [3.63, 3.8) is 0 Å². The molecule has 0 spiro atoms. The van der Waals surface area contributed by atoms with Crippen molar-refractivity contribution in [3.05, 3.63) is 35.0 Å². The average Bonchev–Trinajstić information content (AvgIpc) is 2.74. The number of nitriles is 1. The Morgan fingerprint density at radius 1 is 1.53 bits per heavy atom. The van der Waals surface area contributed by atoms with Gasteiger partial charge in [-0.2, -0.15) is 5.26 Å². The van der Waals surface area contributed by atoms with Crippen LogP contribution in [0.25, 0.3) is 10.9 Å². The maximum atomic E-state index is 11.6. The minimum atomic E-state index is -0.295. The number of nitrogens with zero attached hydrogens (tertiary/aromatic N) is 2. The van der Waals surface area contributed by atoms with E-state index in [-0.39, 0.29) is 19.0 Å². The van der Waals surface area contributed by atoms with Gasteiger partial charge in [0.05, 0.1) is 11.6 Å². The van der Waals surface area contributed by atoms with Gasteiger partial charge in [0.1, 0.15) is 13.1 Å². The number of aldehydes is 1. The van der Waals surface area contributed by atoms with Gasteiger partial charge < -0.3 is 9.88 Å². The largest absolute Gasteiger partial charge is 0.341 e. The smallest absolute Gasteiger partial charge is 0.240 e. The molecule has 2 aromatic rings. The molecule has 0 unspecified atom stereocenters. The Morgan fingerprint density at radius 2 is 2.32 bits per heavy atom. The van der Waals surface area contributed by atoms with Crippen LogP contribution in [0.4, 0.5) is 0 Å². The van der Waals surface area contributed by atoms with Crippen molar-refractivity contribution < 1.29 is 9.59 Å². The lowest BCUT2D eigenvalue weighted by molar-refractivity contribution is -0.121. The van der Waals surface area contributed by atoms with Gasteiger partial charge in [-0.25, -0.2) is 0 Å². The minimum Gasteiger partial charge on any atom is -0.341 e. The predicted octanol–water partition coefficient (Wildman–Crippen LogP) is 1.75. The fraction of sp³-hybridized carbons (Fsp3) is 0.154. The molecule has 0 saturated heterocycles. The molecule has 5 nitrogen and oxygen atoms in total. The van der Waals surface area contributed by atoms with Gasteiger partial charge in [-0.1, -0.05) is 17.7 Å². The number of halogens is 1. The summed E-state index contributed by atoms with van der Waals surface area (Å²) >= 11 is 5.92. The zero-order valence-corrected chi connectivity index (χ0v) is 10.6. The van der Waals surface area contributed by atoms with Gasteiger partial charge in [0, 0.05) is 22.2 Å². The number of hydrogen-bond donors (Lipinski definition) is 1. The number of hydrogen-bond acceptors (Lipinski definition) is 3. The van der Waals surface area contributed by atoms with E-state index >= 15 is 0 Å². The molecule has 0 atom stereocenters. The molecule has 0 radical (unpaired) electrons. The van der Waals surface area contributed by atoms with Crippen molar-refractivity contribution in [2.24, 2.45) is 0 Å². The van der Waals surface area contributed by atoms with Crippen LogP contribution in [-0.4, -0.2) is 23.3 Å². The normalized spacial score (nSPS) is 10.1. The number of nitrogens with one attached hydrogen (secondary N) is 1. The van der Waals surface area contributed by atoms with E-state index in [0.29, 0.717) is 16.1 Å². The summed E-state index contributed by atoms with van der Waals surface area (Å²) in [4.78, 5) is 22.6. The maximum absolute atomic E-state index is 11.6. The van der Waals surface area contributed by atoms with E-state index in [4.69, 9.17) is 16.9 Å². The fourth-order valence-electron chi connectivity index (χ4n) is 1.87. The molecule has 2 rings (SSSR count). The first-order chi connectivity index (χ1) is 9.15. The number of fused-ring (bicyclic) bond motifs is 1. The Balaban J connectivity index is 2.37. The SMILES string of the molecule is N#CCNC(=O)Cn1cc(C=O)c2ccc(Cl)cc21. The molecule has 0 aliphatic rings. The van der Waals surface area contributed by atoms with Gasteiger partial charge in [0.15, 0.2) is 6.29 Å². The molecule has 1 N–H and O–H groups in total. The first-order valence-electron chi connectivity index (χ1n) is 5.53. The molecular formula is C13H10ClN3O2. The lowest BCUT2D eigenvalue weighted by Gasteiger charge is -2.04. The monoisotopic (exact) mass is 275 g/mol. The number of carbonyl (C=O) groups excluding carboxylic acids is 2. The Bertz CT molecular complexity index is 685. The van der Waals surface area contributed by atoms with Crippen molar-refractivity contribution >= 4 is 34.7 Å². The molecule has 0 aliphatic heterocycles. The quantitative estimate of drug-likeness (QED) is 0.682. The summed E-state index contributed by atoms with van der Waals surface area (Å²) in [7, 11) is 0. The number of amides is 1. The number of rotatable bonds is 4. The summed E-state index contributed by atoms with van der Waals surface area (Å²) in [5.74, 6) is -0.295. The molecule has 1 aromatic carbocycles. The average molecular weight is 276 g/mol. The second kappa shape index (κ2) is 5.55. The fourth-order valence-corrected chi connectivity index (χ4v) is 2.03. The zero-order chi connectivity index (χ0) is 13.8. The van der Waals surface area contributed by atoms with Crippen LogP contribution in [0.2, 0.25) is 5.02 Å². The van der Waals surface area contributed by atoms with E-state index in [2.05, 4.69) is 5.32 Å². The second-order valence-corrected chi connectivity index (χ2v) is 4.36. The van der Waals surface area contributed by atoms with Crippen LogP contribution in [0, 0.1) is 11.3 Å². The zero-order valence-electron chi connectivity index (χ0n) is 9.89. The van der Waals surface area contributed by atoms with Crippen LogP contribution < -0.4 is 5.32 Å². The van der Waals surface area contributed by atoms with Crippen LogP contribution in [-0.2, 0) is 11.3 Å². The molecule has 0 bridgehead atoms. The lowest BCUT2D eigenvalue weighted by Crippen LogP contribution is -2.27. The highest BCUT2D eigenvalue weighted by Gasteiger charge is 2.11. The Kier molecular flexibility index (Phi) is 3.83. The number of benzene rings is 1. The predicted molar refractivity (Wildman–Crippen MR) is 71.0 cm³/mol. The van der Waals surface area contributed by atoms with E-state index in [1.807, 2.05) is 6.07 Å². The molecule has 1 amide bonds. The van der Waals surface area contributed by atoms with Crippen molar-refractivity contribution in [3.8, 4) is 6.07 Å². The highest BCUT2D eigenvalue weighted by Crippen LogP contribution is 2.23. The molecule has 1 heterocycles. The Morgan fingerprint density at radius 3 is 3.00 bits per heavy atom. The van der Waals surface area contributed by atoms with Gasteiger partial charge in [0.2, 0.25) is 5.91 Å². The minimum absolute atomic E-state index is 0.0341. The summed E-state index contributed by atoms with van der Waals surface area (Å²) in [6.45, 7) is -0.00824. The van der Waals surface area contributed by atoms with Gasteiger partial charge in [-0.3, -0.25) is 9.59 Å². The van der Waals surface area contributed by atoms with E-state index in [9.17, 15) is 9.59 Å². The van der Waals surface area contributed by atoms with Crippen LogP contribution in [0.1, 0.15) is 10.4 Å². The third-order valence-electron chi connectivity index (χ3n) is 2.68. The van der Waals surface area contributed by atoms with Gasteiger partial charge in [-0.15, -0.1) is 0 Å². The first-order valence-corrected chi connectivity index (χ1v) is 5.90. The first kappa shape index (κ1) is 13.1. The summed E-state index contributed by atoms with van der Waals surface area (Å²) in [6.07, 6.45) is 2.33. The summed E-state index contributed by atoms with van der Waals surface area (Å²) in [5.41, 5.74) is 1.21. The van der Waals surface area contributed by atoms with Crippen LogP contribution in [0.5, 0.6) is 0 Å². The molecule has 0 aliphatic carbocycles. The van der Waals surface area contributed by atoms with Gasteiger partial charge in [-0.05, 0) is 12.1 Å². The third kappa shape index (κ3) is 2.75. The van der Waals surface area contributed by atoms with Gasteiger partial charge in [0.25, 0.3) is 0 Å². The van der Waals surface area contributed by atoms with E-state index in [0.717, 1.165) is 11.7 Å². The molecule has 96 valence electrons. The van der Waals surface area contributed by atoms with Crippen molar-refractivity contribution in [1.82, 2.24) is 9.88 Å². The van der Waals surface area contributed by atoms with Crippen molar-refractivity contribution in [2.45, 2.75) is 6.54 Å². The second-order valence-electron chi connectivity index (χ2n) is 3.93. The number of carbonyl (C=O) groups is 2. The molecular weight excluding hydrogens is 266 g/mol. The highest BCUT2D eigenvalue weighted by molar-refractivity contribution is 6.31. The van der Waals surface area contributed by atoms with Crippen LogP contribution in [0.15, 0.2) is 24.4 Å². The van der Waals surface area contributed by atoms with Crippen molar-refractivity contribution in [1.29, 1.82) is 5.26 Å². The molecule has 1 aromatic heterocycles. The number of aromatic nitrogens is 1. The van der Waals surface area contributed by atoms with E-state index in [1.54, 1.807) is 29.0 Å². The summed E-state index contributed by atoms with van der Waals surface area (Å²) < 4.78 is 1.64. The standard InChI is InChI=1S/C13H10ClN3O2/c14-10-1-2-11-9(8-18)6-17(12(11)5-10)7-13(19)16-4-3-15/h1-2,5-6,8H,4,7H2,(H,16,19). The van der Waals surface area contributed by atoms with E-state index in [1.165, 1.54) is 0 Å². The summed E-state index contributed by atoms with van der Waals surface area (Å²) in [5, 5.41) is 12.1. The maximum Gasteiger partial charge on any atom is 0.240 e. The van der Waals surface area contributed by atoms with Crippen LogP contribution >= 0.6 is 11.6 Å². The van der Waals surface area contributed by atoms with E-state index < -0.39 is 0 Å². The van der Waals surface area contributed by atoms with Crippen LogP contribution in [0.3, 0.4) is 0 Å². The lowest BCUT2D eigenvalue weighted by atomic mass is 10.2. The Labute approximate surface area is 114 Å². The Hall–Kier alpha value is -2.32. The van der Waals surface area contributed by atoms with Crippen molar-refractivity contribution in [2.75, 3.05) is 6.54 Å². The molecule has 0 fully saturated rings. The summed E-state index contributed by atoms with van der Waals surface area (Å²) in [6, 6.07) is 6.96. The molecule has 19 heavy (non-hydrogen) atoms. The highest BCUT2D eigenvalue weighted by atomic mass is 35.5. The third-order valence-corrected chi connectivity index (χ3v) is 2.92. The van der Waals surface area contributed by atoms with Gasteiger partial charge >= 0.3 is 0 Å². The molecule has 6 heteroatoms. The molecule has 0 saturated carbocycles.